The summed E-state index contributed by atoms with van der Waals surface area (Å²) in [5, 5.41) is 4.89. The summed E-state index contributed by atoms with van der Waals surface area (Å²) in [6, 6.07) is 8.98. The number of nitrogens with one attached hydrogen (secondary N) is 1. The van der Waals surface area contributed by atoms with Crippen LogP contribution >= 0.6 is 0 Å². The molecular weight excluding hydrogens is 260 g/mol. The normalized spacial score (nSPS) is 17.6. The lowest BCUT2D eigenvalue weighted by molar-refractivity contribution is 0.251. The van der Waals surface area contributed by atoms with Gasteiger partial charge in [-0.1, -0.05) is 25.1 Å². The SMILES string of the molecule is CCc1oc2ccccc2c1CNCC(C)N1CCCC1. The average molecular weight is 286 g/mol. The highest BCUT2D eigenvalue weighted by atomic mass is 16.3. The number of rotatable bonds is 6. The van der Waals surface area contributed by atoms with Gasteiger partial charge in [0.15, 0.2) is 0 Å². The summed E-state index contributed by atoms with van der Waals surface area (Å²) < 4.78 is 5.96. The van der Waals surface area contributed by atoms with E-state index in [1.807, 2.05) is 6.07 Å². The predicted octanol–water partition coefficient (Wildman–Crippen LogP) is 3.57. The summed E-state index contributed by atoms with van der Waals surface area (Å²) in [7, 11) is 0. The number of likely N-dealkylation sites (tertiary alicyclic amines) is 1. The molecule has 1 N–H and O–H groups in total. The maximum absolute atomic E-state index is 5.96. The lowest BCUT2D eigenvalue weighted by Gasteiger charge is -2.23. The van der Waals surface area contributed by atoms with Crippen molar-refractivity contribution in [2.24, 2.45) is 0 Å². The molecule has 1 aromatic heterocycles. The Labute approximate surface area is 127 Å². The van der Waals surface area contributed by atoms with Gasteiger partial charge in [0, 0.05) is 36.5 Å². The second-order valence-electron chi connectivity index (χ2n) is 6.08. The zero-order valence-corrected chi connectivity index (χ0v) is 13.2. The quantitative estimate of drug-likeness (QED) is 0.880. The van der Waals surface area contributed by atoms with Crippen LogP contribution < -0.4 is 5.32 Å². The maximum atomic E-state index is 5.96. The van der Waals surface area contributed by atoms with Crippen molar-refractivity contribution in [1.29, 1.82) is 0 Å². The molecule has 1 aliphatic heterocycles. The van der Waals surface area contributed by atoms with E-state index in [1.165, 1.54) is 36.9 Å². The number of furan rings is 1. The lowest BCUT2D eigenvalue weighted by atomic mass is 10.1. The van der Waals surface area contributed by atoms with Crippen molar-refractivity contribution in [3.05, 3.63) is 35.6 Å². The van der Waals surface area contributed by atoms with Crippen molar-refractivity contribution < 1.29 is 4.42 Å². The van der Waals surface area contributed by atoms with E-state index in [4.69, 9.17) is 4.42 Å². The minimum absolute atomic E-state index is 0.621. The molecule has 1 saturated heterocycles. The number of benzene rings is 1. The molecule has 1 unspecified atom stereocenters. The van der Waals surface area contributed by atoms with Crippen LogP contribution in [0.15, 0.2) is 28.7 Å². The molecular formula is C18H26N2O. The van der Waals surface area contributed by atoms with E-state index < -0.39 is 0 Å². The lowest BCUT2D eigenvalue weighted by Crippen LogP contribution is -2.38. The summed E-state index contributed by atoms with van der Waals surface area (Å²) in [5.41, 5.74) is 2.35. The second kappa shape index (κ2) is 6.63. The molecule has 3 nitrogen and oxygen atoms in total. The molecule has 1 fully saturated rings. The minimum Gasteiger partial charge on any atom is -0.461 e. The van der Waals surface area contributed by atoms with Crippen molar-refractivity contribution in [2.45, 2.75) is 45.7 Å². The van der Waals surface area contributed by atoms with E-state index in [0.29, 0.717) is 6.04 Å². The van der Waals surface area contributed by atoms with Crippen molar-refractivity contribution in [1.82, 2.24) is 10.2 Å². The molecule has 0 amide bonds. The molecule has 1 aliphatic rings. The van der Waals surface area contributed by atoms with Crippen LogP contribution in [0.5, 0.6) is 0 Å². The van der Waals surface area contributed by atoms with Gasteiger partial charge in [-0.25, -0.2) is 0 Å². The predicted molar refractivity (Wildman–Crippen MR) is 87.6 cm³/mol. The first-order valence-electron chi connectivity index (χ1n) is 8.23. The third-order valence-electron chi connectivity index (χ3n) is 4.61. The standard InChI is InChI=1S/C18H26N2O/c1-3-17-16(15-8-4-5-9-18(15)21-17)13-19-12-14(2)20-10-6-7-11-20/h4-5,8-9,14,19H,3,6-7,10-13H2,1-2H3. The summed E-state index contributed by atoms with van der Waals surface area (Å²) in [4.78, 5) is 2.58. The third-order valence-corrected chi connectivity index (χ3v) is 4.61. The highest BCUT2D eigenvalue weighted by molar-refractivity contribution is 5.82. The fourth-order valence-electron chi connectivity index (χ4n) is 3.35. The summed E-state index contributed by atoms with van der Waals surface area (Å²) in [6.45, 7) is 8.96. The molecule has 3 rings (SSSR count). The van der Waals surface area contributed by atoms with E-state index in [9.17, 15) is 0 Å². The summed E-state index contributed by atoms with van der Waals surface area (Å²) in [5.74, 6) is 1.12. The number of nitrogens with zero attached hydrogens (tertiary/aromatic N) is 1. The van der Waals surface area contributed by atoms with Gasteiger partial charge in [-0.3, -0.25) is 4.90 Å². The smallest absolute Gasteiger partial charge is 0.134 e. The van der Waals surface area contributed by atoms with E-state index in [1.54, 1.807) is 0 Å². The highest BCUT2D eigenvalue weighted by Gasteiger charge is 2.18. The Balaban J connectivity index is 1.64. The molecule has 0 saturated carbocycles. The summed E-state index contributed by atoms with van der Waals surface area (Å²) >= 11 is 0. The Hall–Kier alpha value is -1.32. The van der Waals surface area contributed by atoms with E-state index in [0.717, 1.165) is 30.9 Å². The monoisotopic (exact) mass is 286 g/mol. The van der Waals surface area contributed by atoms with E-state index >= 15 is 0 Å². The van der Waals surface area contributed by atoms with Crippen LogP contribution in [0, 0.1) is 0 Å². The second-order valence-corrected chi connectivity index (χ2v) is 6.08. The van der Waals surface area contributed by atoms with Crippen molar-refractivity contribution in [3.8, 4) is 0 Å². The molecule has 2 aromatic rings. The largest absolute Gasteiger partial charge is 0.461 e. The van der Waals surface area contributed by atoms with Crippen molar-refractivity contribution in [3.63, 3.8) is 0 Å². The van der Waals surface area contributed by atoms with Gasteiger partial charge in [-0.2, -0.15) is 0 Å². The molecule has 114 valence electrons. The van der Waals surface area contributed by atoms with Crippen molar-refractivity contribution in [2.75, 3.05) is 19.6 Å². The fourth-order valence-corrected chi connectivity index (χ4v) is 3.35. The molecule has 1 atom stereocenters. The van der Waals surface area contributed by atoms with Gasteiger partial charge in [0.05, 0.1) is 0 Å². The number of hydrogen-bond acceptors (Lipinski definition) is 3. The number of aryl methyl sites for hydroxylation is 1. The van der Waals surface area contributed by atoms with Gasteiger partial charge in [-0.15, -0.1) is 0 Å². The van der Waals surface area contributed by atoms with E-state index in [-0.39, 0.29) is 0 Å². The Bertz CT molecular complexity index is 584. The van der Waals surface area contributed by atoms with Gasteiger partial charge in [0.25, 0.3) is 0 Å². The molecule has 21 heavy (non-hydrogen) atoms. The number of fused-ring (bicyclic) bond motifs is 1. The van der Waals surface area contributed by atoms with Crippen LogP contribution in [0.4, 0.5) is 0 Å². The Morgan fingerprint density at radius 3 is 2.76 bits per heavy atom. The van der Waals surface area contributed by atoms with Crippen LogP contribution in [0.3, 0.4) is 0 Å². The third kappa shape index (κ3) is 3.14. The Morgan fingerprint density at radius 1 is 1.24 bits per heavy atom. The molecule has 1 aromatic carbocycles. The van der Waals surface area contributed by atoms with Gasteiger partial charge in [0.2, 0.25) is 0 Å². The highest BCUT2D eigenvalue weighted by Crippen LogP contribution is 2.26. The average Bonchev–Trinajstić information content (AvgIpc) is 3.14. The van der Waals surface area contributed by atoms with Crippen LogP contribution in [0.2, 0.25) is 0 Å². The van der Waals surface area contributed by atoms with E-state index in [2.05, 4.69) is 42.3 Å². The molecule has 0 aliphatic carbocycles. The zero-order chi connectivity index (χ0) is 14.7. The first-order valence-corrected chi connectivity index (χ1v) is 8.23. The van der Waals surface area contributed by atoms with Crippen LogP contribution in [0.1, 0.15) is 38.0 Å². The van der Waals surface area contributed by atoms with Gasteiger partial charge >= 0.3 is 0 Å². The van der Waals surface area contributed by atoms with Gasteiger partial charge in [-0.05, 0) is 38.9 Å². The molecule has 0 spiro atoms. The Kier molecular flexibility index (Phi) is 4.61. The maximum Gasteiger partial charge on any atom is 0.134 e. The minimum atomic E-state index is 0.621. The molecule has 3 heteroatoms. The zero-order valence-electron chi connectivity index (χ0n) is 13.2. The van der Waals surface area contributed by atoms with Crippen LogP contribution in [0.25, 0.3) is 11.0 Å². The first kappa shape index (κ1) is 14.6. The molecule has 0 bridgehead atoms. The number of para-hydroxylation sites is 1. The molecule has 0 radical (unpaired) electrons. The molecule has 2 heterocycles. The van der Waals surface area contributed by atoms with Gasteiger partial charge < -0.3 is 9.73 Å². The summed E-state index contributed by atoms with van der Waals surface area (Å²) in [6.07, 6.45) is 3.67. The first-order chi connectivity index (χ1) is 10.3. The fraction of sp³-hybridized carbons (Fsp3) is 0.556. The topological polar surface area (TPSA) is 28.4 Å². The number of hydrogen-bond donors (Lipinski definition) is 1. The van der Waals surface area contributed by atoms with Gasteiger partial charge in [0.1, 0.15) is 11.3 Å². The van der Waals surface area contributed by atoms with Crippen molar-refractivity contribution >= 4 is 11.0 Å². The Morgan fingerprint density at radius 2 is 2.00 bits per heavy atom. The van der Waals surface area contributed by atoms with Crippen LogP contribution in [-0.4, -0.2) is 30.6 Å². The van der Waals surface area contributed by atoms with Crippen LogP contribution in [-0.2, 0) is 13.0 Å².